The summed E-state index contributed by atoms with van der Waals surface area (Å²) < 4.78 is 0. The molecule has 8 aromatic rings. The third-order valence-corrected chi connectivity index (χ3v) is 9.04. The average molecular weight is 603 g/mol. The quantitative estimate of drug-likeness (QED) is 0.167. The molecule has 8 aromatic carbocycles. The SMILES string of the molecule is CN(c1ccc(-c2ccc(N(c3ccccc3)c3ccc(-c4ccccc4)cc3)cc2)cc1)c1c2ccccc2cc2ccccc12. The third-order valence-electron chi connectivity index (χ3n) is 9.04. The lowest BCUT2D eigenvalue weighted by atomic mass is 9.99. The number of para-hydroxylation sites is 1. The van der Waals surface area contributed by atoms with Crippen molar-refractivity contribution in [1.82, 2.24) is 0 Å². The Kier molecular flexibility index (Phi) is 7.45. The van der Waals surface area contributed by atoms with Gasteiger partial charge < -0.3 is 9.80 Å². The van der Waals surface area contributed by atoms with Gasteiger partial charge in [-0.3, -0.25) is 0 Å². The van der Waals surface area contributed by atoms with Crippen molar-refractivity contribution in [3.63, 3.8) is 0 Å². The Labute approximate surface area is 276 Å². The molecule has 0 heterocycles. The summed E-state index contributed by atoms with van der Waals surface area (Å²) in [7, 11) is 2.17. The van der Waals surface area contributed by atoms with E-state index in [9.17, 15) is 0 Å². The lowest BCUT2D eigenvalue weighted by Crippen LogP contribution is -2.10. The van der Waals surface area contributed by atoms with Crippen LogP contribution in [-0.2, 0) is 0 Å². The molecule has 0 aromatic heterocycles. The van der Waals surface area contributed by atoms with Crippen LogP contribution in [0.15, 0.2) is 188 Å². The van der Waals surface area contributed by atoms with Gasteiger partial charge in [-0.05, 0) is 87.6 Å². The van der Waals surface area contributed by atoms with Gasteiger partial charge in [0.1, 0.15) is 0 Å². The molecule has 0 aliphatic rings. The van der Waals surface area contributed by atoms with Crippen LogP contribution in [0.4, 0.5) is 28.4 Å². The van der Waals surface area contributed by atoms with E-state index in [1.807, 2.05) is 0 Å². The summed E-state index contributed by atoms with van der Waals surface area (Å²) in [5.41, 5.74) is 10.6. The maximum atomic E-state index is 2.32. The highest BCUT2D eigenvalue weighted by Crippen LogP contribution is 2.40. The zero-order chi connectivity index (χ0) is 31.6. The van der Waals surface area contributed by atoms with Gasteiger partial charge in [-0.15, -0.1) is 0 Å². The number of rotatable bonds is 7. The number of hydrogen-bond acceptors (Lipinski definition) is 2. The van der Waals surface area contributed by atoms with Gasteiger partial charge in [0.15, 0.2) is 0 Å². The van der Waals surface area contributed by atoms with Crippen LogP contribution in [0.3, 0.4) is 0 Å². The van der Waals surface area contributed by atoms with Crippen LogP contribution in [0.2, 0.25) is 0 Å². The van der Waals surface area contributed by atoms with Crippen molar-refractivity contribution in [2.24, 2.45) is 0 Å². The van der Waals surface area contributed by atoms with Gasteiger partial charge >= 0.3 is 0 Å². The summed E-state index contributed by atoms with van der Waals surface area (Å²) in [4.78, 5) is 4.63. The van der Waals surface area contributed by atoms with Gasteiger partial charge in [0, 0.05) is 40.6 Å². The van der Waals surface area contributed by atoms with E-state index in [1.54, 1.807) is 0 Å². The summed E-state index contributed by atoms with van der Waals surface area (Å²) in [5, 5.41) is 5.01. The molecular weight excluding hydrogens is 569 g/mol. The van der Waals surface area contributed by atoms with E-state index < -0.39 is 0 Å². The molecular formula is C45H34N2. The highest BCUT2D eigenvalue weighted by molar-refractivity contribution is 6.12. The Balaban J connectivity index is 1.09. The van der Waals surface area contributed by atoms with E-state index in [1.165, 1.54) is 49.5 Å². The van der Waals surface area contributed by atoms with Crippen molar-refractivity contribution in [2.45, 2.75) is 0 Å². The average Bonchev–Trinajstić information content (AvgIpc) is 3.15. The van der Waals surface area contributed by atoms with Crippen molar-refractivity contribution in [1.29, 1.82) is 0 Å². The lowest BCUT2D eigenvalue weighted by Gasteiger charge is -2.26. The van der Waals surface area contributed by atoms with Crippen molar-refractivity contribution in [2.75, 3.05) is 16.8 Å². The zero-order valence-corrected chi connectivity index (χ0v) is 26.3. The van der Waals surface area contributed by atoms with E-state index >= 15 is 0 Å². The Morgan fingerprint density at radius 1 is 0.319 bits per heavy atom. The van der Waals surface area contributed by atoms with Crippen LogP contribution in [-0.4, -0.2) is 7.05 Å². The molecule has 0 unspecified atom stereocenters. The molecule has 8 rings (SSSR count). The Morgan fingerprint density at radius 3 is 1.17 bits per heavy atom. The van der Waals surface area contributed by atoms with Gasteiger partial charge in [0.25, 0.3) is 0 Å². The Hall–Kier alpha value is -6.12. The maximum absolute atomic E-state index is 2.32. The second-order valence-corrected chi connectivity index (χ2v) is 11.9. The van der Waals surface area contributed by atoms with Crippen LogP contribution in [0.5, 0.6) is 0 Å². The molecule has 47 heavy (non-hydrogen) atoms. The predicted octanol–water partition coefficient (Wildman–Crippen LogP) is 12.6. The van der Waals surface area contributed by atoms with Gasteiger partial charge in [-0.25, -0.2) is 0 Å². The van der Waals surface area contributed by atoms with Gasteiger partial charge in [0.2, 0.25) is 0 Å². The Morgan fingerprint density at radius 2 is 0.681 bits per heavy atom. The second kappa shape index (κ2) is 12.3. The van der Waals surface area contributed by atoms with Crippen molar-refractivity contribution < 1.29 is 0 Å². The number of nitrogens with zero attached hydrogens (tertiary/aromatic N) is 2. The maximum Gasteiger partial charge on any atom is 0.0567 e. The molecule has 2 nitrogen and oxygen atoms in total. The van der Waals surface area contributed by atoms with Crippen LogP contribution in [0.1, 0.15) is 0 Å². The largest absolute Gasteiger partial charge is 0.344 e. The van der Waals surface area contributed by atoms with E-state index in [0.717, 1.165) is 22.7 Å². The van der Waals surface area contributed by atoms with E-state index in [0.29, 0.717) is 0 Å². The molecule has 0 aliphatic carbocycles. The van der Waals surface area contributed by atoms with Crippen LogP contribution < -0.4 is 9.80 Å². The number of fused-ring (bicyclic) bond motifs is 2. The fraction of sp³-hybridized carbons (Fsp3) is 0.0222. The van der Waals surface area contributed by atoms with Crippen LogP contribution in [0.25, 0.3) is 43.8 Å². The van der Waals surface area contributed by atoms with Gasteiger partial charge in [-0.1, -0.05) is 133 Å². The van der Waals surface area contributed by atoms with E-state index in [4.69, 9.17) is 0 Å². The molecule has 0 atom stereocenters. The standard InChI is InChI=1S/C45H34N2/c1-46(45-43-18-10-8-14-37(43)32-38-15-9-11-19-44(38)45)39-26-20-35(21-27-39)36-24-30-42(31-25-36)47(40-16-6-3-7-17-40)41-28-22-34(23-29-41)33-12-4-2-5-13-33/h2-32H,1H3. The first-order chi connectivity index (χ1) is 23.2. The van der Waals surface area contributed by atoms with E-state index in [-0.39, 0.29) is 0 Å². The summed E-state index contributed by atoms with van der Waals surface area (Å²) in [5.74, 6) is 0. The smallest absolute Gasteiger partial charge is 0.0567 e. The van der Waals surface area contributed by atoms with Gasteiger partial charge in [-0.2, -0.15) is 0 Å². The molecule has 0 saturated carbocycles. The molecule has 0 radical (unpaired) electrons. The fourth-order valence-electron chi connectivity index (χ4n) is 6.62. The molecule has 0 spiro atoms. The van der Waals surface area contributed by atoms with Crippen molar-refractivity contribution >= 4 is 50.0 Å². The molecule has 0 bridgehead atoms. The minimum atomic E-state index is 1.12. The summed E-state index contributed by atoms with van der Waals surface area (Å²) in [6, 6.07) is 67.3. The molecule has 224 valence electrons. The highest BCUT2D eigenvalue weighted by atomic mass is 15.1. The predicted molar refractivity (Wildman–Crippen MR) is 202 cm³/mol. The molecule has 0 fully saturated rings. The first kappa shape index (κ1) is 28.4. The fourth-order valence-corrected chi connectivity index (χ4v) is 6.62. The minimum absolute atomic E-state index is 1.12. The molecule has 0 N–H and O–H groups in total. The first-order valence-electron chi connectivity index (χ1n) is 16.1. The topological polar surface area (TPSA) is 6.48 Å². The van der Waals surface area contributed by atoms with E-state index in [2.05, 4.69) is 205 Å². The normalized spacial score (nSPS) is 11.1. The van der Waals surface area contributed by atoms with Crippen LogP contribution in [0, 0.1) is 0 Å². The highest BCUT2D eigenvalue weighted by Gasteiger charge is 2.15. The monoisotopic (exact) mass is 602 g/mol. The third kappa shape index (κ3) is 5.51. The Bertz CT molecular complexity index is 2220. The first-order valence-corrected chi connectivity index (χ1v) is 16.1. The van der Waals surface area contributed by atoms with Crippen molar-refractivity contribution in [3.05, 3.63) is 188 Å². The lowest BCUT2D eigenvalue weighted by molar-refractivity contribution is 1.23. The molecule has 0 saturated heterocycles. The molecule has 0 aliphatic heterocycles. The molecule has 0 amide bonds. The number of hydrogen-bond donors (Lipinski definition) is 0. The second-order valence-electron chi connectivity index (χ2n) is 11.9. The summed E-state index contributed by atoms with van der Waals surface area (Å²) in [6.45, 7) is 0. The minimum Gasteiger partial charge on any atom is -0.344 e. The zero-order valence-electron chi connectivity index (χ0n) is 26.3. The van der Waals surface area contributed by atoms with Gasteiger partial charge in [0.05, 0.1) is 5.69 Å². The number of anilines is 5. The van der Waals surface area contributed by atoms with Crippen molar-refractivity contribution in [3.8, 4) is 22.3 Å². The molecule has 2 heteroatoms. The summed E-state index contributed by atoms with van der Waals surface area (Å²) >= 11 is 0. The van der Waals surface area contributed by atoms with Crippen LogP contribution >= 0.6 is 0 Å². The summed E-state index contributed by atoms with van der Waals surface area (Å²) in [6.07, 6.45) is 0. The number of benzene rings is 8.